The second-order valence-corrected chi connectivity index (χ2v) is 8.34. The molecule has 4 rings (SSSR count). The highest BCUT2D eigenvalue weighted by atomic mass is 16.5. The van der Waals surface area contributed by atoms with Crippen LogP contribution in [0.1, 0.15) is 54.1 Å². The number of hydrogen-bond donors (Lipinski definition) is 0. The van der Waals surface area contributed by atoms with Crippen LogP contribution in [0.2, 0.25) is 0 Å². The van der Waals surface area contributed by atoms with Gasteiger partial charge in [0, 0.05) is 25.1 Å². The first-order chi connectivity index (χ1) is 15.5. The van der Waals surface area contributed by atoms with Crippen molar-refractivity contribution in [1.82, 2.24) is 0 Å². The zero-order chi connectivity index (χ0) is 22.7. The van der Waals surface area contributed by atoms with Gasteiger partial charge >= 0.3 is 5.97 Å². The molecule has 0 saturated heterocycles. The number of rotatable bonds is 6. The predicted octanol–water partition coefficient (Wildman–Crippen LogP) is 5.52. The minimum absolute atomic E-state index is 0.0915. The number of methoxy groups -OCH3 is 2. The zero-order valence-corrected chi connectivity index (χ0v) is 18.9. The number of carbonyl (C=O) groups excluding carboxylic acids is 2. The van der Waals surface area contributed by atoms with E-state index >= 15 is 0 Å². The van der Waals surface area contributed by atoms with E-state index in [0.29, 0.717) is 17.7 Å². The summed E-state index contributed by atoms with van der Waals surface area (Å²) >= 11 is 0. The summed E-state index contributed by atoms with van der Waals surface area (Å²) in [7, 11) is 2.97. The van der Waals surface area contributed by atoms with Gasteiger partial charge in [-0.2, -0.15) is 0 Å². The van der Waals surface area contributed by atoms with Gasteiger partial charge in [-0.15, -0.1) is 0 Å². The van der Waals surface area contributed by atoms with E-state index in [2.05, 4.69) is 30.3 Å². The van der Waals surface area contributed by atoms with E-state index in [1.54, 1.807) is 26.2 Å². The maximum Gasteiger partial charge on any atom is 0.337 e. The van der Waals surface area contributed by atoms with Crippen molar-refractivity contribution >= 4 is 28.3 Å². The van der Waals surface area contributed by atoms with Crippen LogP contribution in [0.4, 0.5) is 5.69 Å². The molecule has 0 bridgehead atoms. The fraction of sp³-hybridized carbons (Fsp3) is 0.333. The third-order valence-corrected chi connectivity index (χ3v) is 6.35. The van der Waals surface area contributed by atoms with Gasteiger partial charge in [-0.25, -0.2) is 4.79 Å². The van der Waals surface area contributed by atoms with Crippen LogP contribution in [-0.2, 0) is 16.0 Å². The quantitative estimate of drug-likeness (QED) is 0.482. The van der Waals surface area contributed by atoms with Crippen molar-refractivity contribution in [3.8, 4) is 5.75 Å². The Morgan fingerprint density at radius 3 is 2.44 bits per heavy atom. The Hall–Kier alpha value is -3.34. The molecule has 0 heterocycles. The van der Waals surface area contributed by atoms with Crippen molar-refractivity contribution in [2.24, 2.45) is 0 Å². The van der Waals surface area contributed by atoms with E-state index in [-0.39, 0.29) is 17.9 Å². The highest BCUT2D eigenvalue weighted by Gasteiger charge is 2.26. The molecular formula is C27H29NO4. The number of anilines is 1. The molecule has 3 aromatic carbocycles. The lowest BCUT2D eigenvalue weighted by Gasteiger charge is -2.28. The molecule has 3 aromatic rings. The highest BCUT2D eigenvalue weighted by Crippen LogP contribution is 2.33. The monoisotopic (exact) mass is 431 g/mol. The molecular weight excluding hydrogens is 402 g/mol. The maximum atomic E-state index is 12.5. The first-order valence-electron chi connectivity index (χ1n) is 11.1. The summed E-state index contributed by atoms with van der Waals surface area (Å²) < 4.78 is 10.4. The number of hydrogen-bond acceptors (Lipinski definition) is 4. The number of fused-ring (bicyclic) bond motifs is 1. The molecule has 0 atom stereocenters. The van der Waals surface area contributed by atoms with Crippen LogP contribution in [-0.4, -0.2) is 32.1 Å². The Morgan fingerprint density at radius 2 is 1.75 bits per heavy atom. The first-order valence-corrected chi connectivity index (χ1v) is 11.1. The van der Waals surface area contributed by atoms with Gasteiger partial charge in [-0.1, -0.05) is 43.2 Å². The predicted molar refractivity (Wildman–Crippen MR) is 127 cm³/mol. The topological polar surface area (TPSA) is 55.8 Å². The van der Waals surface area contributed by atoms with Gasteiger partial charge in [0.05, 0.1) is 19.8 Å². The fourth-order valence-electron chi connectivity index (χ4n) is 4.78. The molecule has 1 amide bonds. The largest absolute Gasteiger partial charge is 0.496 e. The summed E-state index contributed by atoms with van der Waals surface area (Å²) in [6.45, 7) is 1.65. The third-order valence-electron chi connectivity index (χ3n) is 6.35. The molecule has 0 aliphatic heterocycles. The lowest BCUT2D eigenvalue weighted by molar-refractivity contribution is -0.117. The molecule has 0 aromatic heterocycles. The van der Waals surface area contributed by atoms with Crippen LogP contribution in [0.25, 0.3) is 10.8 Å². The van der Waals surface area contributed by atoms with Gasteiger partial charge in [0.15, 0.2) is 0 Å². The van der Waals surface area contributed by atoms with Gasteiger partial charge < -0.3 is 14.4 Å². The smallest absolute Gasteiger partial charge is 0.337 e. The molecule has 166 valence electrons. The maximum absolute atomic E-state index is 12.5. The molecule has 1 fully saturated rings. The van der Waals surface area contributed by atoms with Crippen LogP contribution in [0.3, 0.4) is 0 Å². The zero-order valence-electron chi connectivity index (χ0n) is 18.9. The van der Waals surface area contributed by atoms with E-state index in [4.69, 9.17) is 9.47 Å². The van der Waals surface area contributed by atoms with Crippen molar-refractivity contribution in [2.45, 2.75) is 45.1 Å². The number of carbonyl (C=O) groups is 2. The van der Waals surface area contributed by atoms with E-state index in [1.165, 1.54) is 20.0 Å². The van der Waals surface area contributed by atoms with Crippen molar-refractivity contribution < 1.29 is 19.1 Å². The number of nitrogens with zero attached hydrogens (tertiary/aromatic N) is 1. The van der Waals surface area contributed by atoms with Crippen molar-refractivity contribution in [3.63, 3.8) is 0 Å². The average molecular weight is 432 g/mol. The third kappa shape index (κ3) is 4.33. The summed E-state index contributed by atoms with van der Waals surface area (Å²) in [5, 5.41) is 2.25. The van der Waals surface area contributed by atoms with Crippen molar-refractivity contribution in [1.29, 1.82) is 0 Å². The molecule has 1 saturated carbocycles. The van der Waals surface area contributed by atoms with Crippen molar-refractivity contribution in [2.75, 3.05) is 19.1 Å². The normalized spacial score (nSPS) is 13.8. The van der Waals surface area contributed by atoms with Gasteiger partial charge in [0.25, 0.3) is 0 Å². The van der Waals surface area contributed by atoms with E-state index in [0.717, 1.165) is 40.4 Å². The Kier molecular flexibility index (Phi) is 6.45. The Labute approximate surface area is 188 Å². The van der Waals surface area contributed by atoms with E-state index < -0.39 is 0 Å². The SMILES string of the molecule is COC(=O)c1ccc(Cc2cccc3ccc(N(C(C)=O)C4CCCC4)cc23)c(OC)c1. The summed E-state index contributed by atoms with van der Waals surface area (Å²) in [4.78, 5) is 26.4. The molecule has 32 heavy (non-hydrogen) atoms. The average Bonchev–Trinajstić information content (AvgIpc) is 3.33. The molecule has 1 aliphatic rings. The molecule has 1 aliphatic carbocycles. The molecule has 5 nitrogen and oxygen atoms in total. The van der Waals surface area contributed by atoms with Crippen LogP contribution in [0, 0.1) is 0 Å². The Balaban J connectivity index is 1.73. The standard InChI is InChI=1S/C27H29NO4/c1-18(29)28(23-9-4-5-10-23)24-14-13-19-7-6-8-20(25(19)17-24)15-21-11-12-22(27(30)32-3)16-26(21)31-2/h6-8,11-14,16-17,23H,4-5,9-10,15H2,1-3H3. The van der Waals surface area contributed by atoms with Gasteiger partial charge in [-0.05, 0) is 59.0 Å². The lowest BCUT2D eigenvalue weighted by Crippen LogP contribution is -2.37. The number of ether oxygens (including phenoxy) is 2. The minimum Gasteiger partial charge on any atom is -0.496 e. The Bertz CT molecular complexity index is 1150. The lowest BCUT2D eigenvalue weighted by atomic mass is 9.96. The molecule has 0 unspecified atom stereocenters. The summed E-state index contributed by atoms with van der Waals surface area (Å²) in [5.74, 6) is 0.354. The van der Waals surface area contributed by atoms with Gasteiger partial charge in [-0.3, -0.25) is 4.79 Å². The Morgan fingerprint density at radius 1 is 0.969 bits per heavy atom. The van der Waals surface area contributed by atoms with Crippen LogP contribution in [0.15, 0.2) is 54.6 Å². The van der Waals surface area contributed by atoms with Crippen LogP contribution >= 0.6 is 0 Å². The minimum atomic E-state index is -0.388. The molecule has 5 heteroatoms. The van der Waals surface area contributed by atoms with Crippen molar-refractivity contribution in [3.05, 3.63) is 71.3 Å². The van der Waals surface area contributed by atoms with Gasteiger partial charge in [0.2, 0.25) is 5.91 Å². The fourth-order valence-corrected chi connectivity index (χ4v) is 4.78. The number of esters is 1. The number of benzene rings is 3. The number of amides is 1. The van der Waals surface area contributed by atoms with E-state index in [1.807, 2.05) is 17.0 Å². The molecule has 0 spiro atoms. The summed E-state index contributed by atoms with van der Waals surface area (Å²) in [6.07, 6.45) is 5.12. The molecule has 0 radical (unpaired) electrons. The first kappa shape index (κ1) is 21.9. The second kappa shape index (κ2) is 9.43. The highest BCUT2D eigenvalue weighted by molar-refractivity contribution is 5.96. The van der Waals surface area contributed by atoms with E-state index in [9.17, 15) is 9.59 Å². The molecule has 0 N–H and O–H groups in total. The van der Waals surface area contributed by atoms with Gasteiger partial charge in [0.1, 0.15) is 5.75 Å². The summed E-state index contributed by atoms with van der Waals surface area (Å²) in [6, 6.07) is 18.2. The summed E-state index contributed by atoms with van der Waals surface area (Å²) in [5.41, 5.74) is 3.54. The second-order valence-electron chi connectivity index (χ2n) is 8.34. The van der Waals surface area contributed by atoms with Crippen LogP contribution in [0.5, 0.6) is 5.75 Å². The van der Waals surface area contributed by atoms with Crippen LogP contribution < -0.4 is 9.64 Å².